The summed E-state index contributed by atoms with van der Waals surface area (Å²) in [7, 11) is 0. The van der Waals surface area contributed by atoms with Gasteiger partial charge in [0.05, 0.1) is 0 Å². The van der Waals surface area contributed by atoms with Gasteiger partial charge >= 0.3 is 6.09 Å². The van der Waals surface area contributed by atoms with E-state index in [1.807, 2.05) is 0 Å². The van der Waals surface area contributed by atoms with Crippen LogP contribution in [0.25, 0.3) is 0 Å². The zero-order chi connectivity index (χ0) is 19.5. The van der Waals surface area contributed by atoms with E-state index in [-0.39, 0.29) is 27.5 Å². The number of alkyl halides is 2. The molecule has 26 heavy (non-hydrogen) atoms. The van der Waals surface area contributed by atoms with E-state index in [9.17, 15) is 18.4 Å². The summed E-state index contributed by atoms with van der Waals surface area (Å²) >= 11 is 3.07. The fraction of sp³-hybridized carbons (Fsp3) is 0.556. The lowest BCUT2D eigenvalue weighted by molar-refractivity contribution is 0.0452. The number of nitrogens with one attached hydrogen (secondary N) is 1. The second kappa shape index (κ2) is 8.33. The summed E-state index contributed by atoms with van der Waals surface area (Å²) in [5, 5.41) is 2.77. The minimum atomic E-state index is -2.67. The average Bonchev–Trinajstić information content (AvgIpc) is 2.52. The highest BCUT2D eigenvalue weighted by Gasteiger charge is 2.27. The summed E-state index contributed by atoms with van der Waals surface area (Å²) in [6, 6.07) is 3.95. The van der Waals surface area contributed by atoms with Crippen molar-refractivity contribution >= 4 is 27.9 Å². The van der Waals surface area contributed by atoms with Crippen LogP contribution < -0.4 is 5.32 Å². The van der Waals surface area contributed by atoms with Gasteiger partial charge in [-0.3, -0.25) is 4.79 Å². The van der Waals surface area contributed by atoms with E-state index in [1.165, 1.54) is 18.2 Å². The van der Waals surface area contributed by atoms with Gasteiger partial charge in [0.25, 0.3) is 12.3 Å². The largest absolute Gasteiger partial charge is 0.444 e. The smallest absolute Gasteiger partial charge is 0.407 e. The molecule has 1 heterocycles. The third kappa shape index (κ3) is 5.65. The second-order valence-corrected chi connectivity index (χ2v) is 8.13. The molecule has 0 saturated carbocycles. The molecular weight excluding hydrogens is 410 g/mol. The molecule has 144 valence electrons. The van der Waals surface area contributed by atoms with Gasteiger partial charge in [0.15, 0.2) is 0 Å². The van der Waals surface area contributed by atoms with Crippen molar-refractivity contribution in [1.29, 1.82) is 0 Å². The van der Waals surface area contributed by atoms with Gasteiger partial charge in [-0.15, -0.1) is 0 Å². The van der Waals surface area contributed by atoms with Gasteiger partial charge in [0, 0.05) is 34.7 Å². The molecule has 0 bridgehead atoms. The van der Waals surface area contributed by atoms with Gasteiger partial charge in [0.2, 0.25) is 0 Å². The summed E-state index contributed by atoms with van der Waals surface area (Å²) in [4.78, 5) is 26.1. The molecule has 0 aromatic heterocycles. The van der Waals surface area contributed by atoms with E-state index in [4.69, 9.17) is 4.74 Å². The molecule has 1 aliphatic heterocycles. The van der Waals surface area contributed by atoms with Gasteiger partial charge in [-0.25, -0.2) is 13.6 Å². The number of hydrogen-bond donors (Lipinski definition) is 1. The quantitative estimate of drug-likeness (QED) is 0.763. The number of carbonyl (C=O) groups is 2. The molecule has 1 fully saturated rings. The monoisotopic (exact) mass is 432 g/mol. The van der Waals surface area contributed by atoms with E-state index < -0.39 is 18.1 Å². The van der Waals surface area contributed by atoms with Crippen LogP contribution in [0.2, 0.25) is 0 Å². The molecule has 1 aliphatic rings. The first-order chi connectivity index (χ1) is 12.1. The van der Waals surface area contributed by atoms with Crippen LogP contribution >= 0.6 is 15.9 Å². The topological polar surface area (TPSA) is 58.6 Å². The molecular formula is C18H23BrF2N2O3. The van der Waals surface area contributed by atoms with E-state index in [1.54, 1.807) is 25.7 Å². The maximum Gasteiger partial charge on any atom is 0.407 e. The van der Waals surface area contributed by atoms with Gasteiger partial charge in [0.1, 0.15) is 5.60 Å². The van der Waals surface area contributed by atoms with Crippen molar-refractivity contribution in [3.05, 3.63) is 33.8 Å². The highest BCUT2D eigenvalue weighted by atomic mass is 79.9. The van der Waals surface area contributed by atoms with Crippen LogP contribution in [0, 0.1) is 0 Å². The fourth-order valence-corrected chi connectivity index (χ4v) is 3.20. The van der Waals surface area contributed by atoms with Crippen LogP contribution in [0.3, 0.4) is 0 Å². The predicted octanol–water partition coefficient (Wildman–Crippen LogP) is 4.52. The number of rotatable bonds is 3. The van der Waals surface area contributed by atoms with Crippen LogP contribution in [-0.2, 0) is 4.74 Å². The maximum absolute atomic E-state index is 13.0. The Hall–Kier alpha value is -1.70. The molecule has 2 amide bonds. The standard InChI is InChI=1S/C18H23BrF2N2O3/c1-18(2,3)26-17(25)22-12-5-4-8-23(10-12)16(24)11-6-7-14(19)13(9-11)15(20)21/h6-7,9,12,15H,4-5,8,10H2,1-3H3,(H,22,25)/t12-/m1/s1. The number of ether oxygens (including phenoxy) is 1. The average molecular weight is 433 g/mol. The number of nitrogens with zero attached hydrogens (tertiary/aromatic N) is 1. The molecule has 2 rings (SSSR count). The fourth-order valence-electron chi connectivity index (χ4n) is 2.78. The summed E-state index contributed by atoms with van der Waals surface area (Å²) in [5.41, 5.74) is -0.602. The summed E-state index contributed by atoms with van der Waals surface area (Å²) < 4.78 is 31.6. The normalized spacial score (nSPS) is 18.0. The third-order valence-electron chi connectivity index (χ3n) is 3.91. The number of amides is 2. The Labute approximate surface area is 160 Å². The van der Waals surface area contributed by atoms with Crippen molar-refractivity contribution in [3.8, 4) is 0 Å². The first-order valence-corrected chi connectivity index (χ1v) is 9.22. The molecule has 0 aliphatic carbocycles. The van der Waals surface area contributed by atoms with Crippen LogP contribution in [0.5, 0.6) is 0 Å². The SMILES string of the molecule is CC(C)(C)OC(=O)N[C@@H]1CCCN(C(=O)c2ccc(Br)c(C(F)F)c2)C1. The number of hydrogen-bond acceptors (Lipinski definition) is 3. The lowest BCUT2D eigenvalue weighted by Gasteiger charge is -2.33. The van der Waals surface area contributed by atoms with Gasteiger partial charge in [-0.1, -0.05) is 15.9 Å². The number of alkyl carbamates (subject to hydrolysis) is 1. The first-order valence-electron chi connectivity index (χ1n) is 8.43. The van der Waals surface area contributed by atoms with Crippen molar-refractivity contribution in [3.63, 3.8) is 0 Å². The predicted molar refractivity (Wildman–Crippen MR) is 97.4 cm³/mol. The van der Waals surface area contributed by atoms with Crippen molar-refractivity contribution < 1.29 is 23.1 Å². The van der Waals surface area contributed by atoms with Crippen LogP contribution in [0.15, 0.2) is 22.7 Å². The number of benzene rings is 1. The van der Waals surface area contributed by atoms with Crippen molar-refractivity contribution in [2.75, 3.05) is 13.1 Å². The lowest BCUT2D eigenvalue weighted by Crippen LogP contribution is -2.50. The van der Waals surface area contributed by atoms with Crippen LogP contribution in [0.4, 0.5) is 13.6 Å². The number of halogens is 3. The van der Waals surface area contributed by atoms with E-state index in [0.717, 1.165) is 6.42 Å². The molecule has 0 spiro atoms. The highest BCUT2D eigenvalue weighted by molar-refractivity contribution is 9.10. The van der Waals surface area contributed by atoms with Gasteiger partial charge < -0.3 is 15.0 Å². The molecule has 8 heteroatoms. The number of piperidine rings is 1. The minimum Gasteiger partial charge on any atom is -0.444 e. The van der Waals surface area contributed by atoms with E-state index in [0.29, 0.717) is 19.5 Å². The second-order valence-electron chi connectivity index (χ2n) is 7.27. The Morgan fingerprint density at radius 1 is 1.35 bits per heavy atom. The van der Waals surface area contributed by atoms with Crippen LogP contribution in [-0.4, -0.2) is 41.6 Å². The molecule has 0 unspecified atom stereocenters. The summed E-state index contributed by atoms with van der Waals surface area (Å²) in [6.45, 7) is 6.16. The minimum absolute atomic E-state index is 0.210. The van der Waals surface area contributed by atoms with Gasteiger partial charge in [-0.05, 0) is 51.8 Å². The zero-order valence-electron chi connectivity index (χ0n) is 15.0. The Balaban J connectivity index is 2.04. The maximum atomic E-state index is 13.0. The third-order valence-corrected chi connectivity index (χ3v) is 4.63. The molecule has 1 atom stereocenters. The van der Waals surface area contributed by atoms with Crippen molar-refractivity contribution in [2.24, 2.45) is 0 Å². The Bertz CT molecular complexity index is 677. The number of carbonyl (C=O) groups excluding carboxylic acids is 2. The molecule has 0 radical (unpaired) electrons. The molecule has 1 aromatic rings. The lowest BCUT2D eigenvalue weighted by atomic mass is 10.0. The Morgan fingerprint density at radius 3 is 2.65 bits per heavy atom. The molecule has 5 nitrogen and oxygen atoms in total. The Morgan fingerprint density at radius 2 is 2.04 bits per heavy atom. The van der Waals surface area contributed by atoms with Crippen molar-refractivity contribution in [1.82, 2.24) is 10.2 Å². The first kappa shape index (κ1) is 20.6. The molecule has 1 aromatic carbocycles. The van der Waals surface area contributed by atoms with Crippen molar-refractivity contribution in [2.45, 2.75) is 51.7 Å². The zero-order valence-corrected chi connectivity index (χ0v) is 16.6. The van der Waals surface area contributed by atoms with E-state index >= 15 is 0 Å². The molecule has 1 N–H and O–H groups in total. The summed E-state index contributed by atoms with van der Waals surface area (Å²) in [5.74, 6) is -0.324. The number of likely N-dealkylation sites (tertiary alicyclic amines) is 1. The molecule has 1 saturated heterocycles. The highest BCUT2D eigenvalue weighted by Crippen LogP contribution is 2.29. The van der Waals surface area contributed by atoms with Gasteiger partial charge in [-0.2, -0.15) is 0 Å². The van der Waals surface area contributed by atoms with E-state index in [2.05, 4.69) is 21.2 Å². The summed E-state index contributed by atoms with van der Waals surface area (Å²) in [6.07, 6.45) is -1.75. The van der Waals surface area contributed by atoms with Crippen LogP contribution in [0.1, 0.15) is 56.0 Å². The Kier molecular flexibility index (Phi) is 6.60.